The molecule has 2 unspecified atom stereocenters. The van der Waals surface area contributed by atoms with Gasteiger partial charge in [0.2, 0.25) is 0 Å². The van der Waals surface area contributed by atoms with Crippen LogP contribution in [0.25, 0.3) is 0 Å². The molecule has 0 saturated carbocycles. The van der Waals surface area contributed by atoms with Crippen molar-refractivity contribution in [3.63, 3.8) is 0 Å². The molecule has 2 aromatic carbocycles. The first kappa shape index (κ1) is 30.4. The van der Waals surface area contributed by atoms with E-state index in [-0.39, 0.29) is 0 Å². The molecule has 222 valence electrons. The number of nitrogens with one attached hydrogen (secondary N) is 1. The number of likely N-dealkylation sites (tertiary alicyclic amines) is 2. The van der Waals surface area contributed by atoms with Crippen molar-refractivity contribution in [3.8, 4) is 11.8 Å². The van der Waals surface area contributed by atoms with Crippen LogP contribution >= 0.6 is 0 Å². The van der Waals surface area contributed by atoms with Crippen LogP contribution in [0, 0.1) is 24.7 Å². The van der Waals surface area contributed by atoms with Gasteiger partial charge in [-0.15, -0.1) is 0 Å². The maximum Gasteiger partial charge on any atom is 0.0473 e. The van der Waals surface area contributed by atoms with Crippen LogP contribution in [-0.4, -0.2) is 55.6 Å². The fraction of sp³-hybridized carbons (Fsp3) is 0.487. The first-order valence-electron chi connectivity index (χ1n) is 16.4. The molecular formula is C39H51N3. The number of nitrogens with zero attached hydrogens (tertiary/aromatic N) is 2. The van der Waals surface area contributed by atoms with Gasteiger partial charge in [0, 0.05) is 42.7 Å². The smallest absolute Gasteiger partial charge is 0.0473 e. The lowest BCUT2D eigenvalue weighted by Crippen LogP contribution is -2.37. The molecule has 0 bridgehead atoms. The van der Waals surface area contributed by atoms with Gasteiger partial charge in [-0.3, -0.25) is 0 Å². The van der Waals surface area contributed by atoms with Crippen LogP contribution in [0.5, 0.6) is 0 Å². The van der Waals surface area contributed by atoms with Gasteiger partial charge in [-0.2, -0.15) is 0 Å². The van der Waals surface area contributed by atoms with Crippen LogP contribution in [0.2, 0.25) is 0 Å². The molecule has 2 aliphatic heterocycles. The lowest BCUT2D eigenvalue weighted by molar-refractivity contribution is 0.179. The monoisotopic (exact) mass is 561 g/mol. The molecule has 42 heavy (non-hydrogen) atoms. The summed E-state index contributed by atoms with van der Waals surface area (Å²) in [5.74, 6) is 8.11. The third kappa shape index (κ3) is 8.06. The van der Waals surface area contributed by atoms with Crippen LogP contribution < -0.4 is 5.32 Å². The molecule has 0 radical (unpaired) electrons. The summed E-state index contributed by atoms with van der Waals surface area (Å²) in [4.78, 5) is 5.20. The summed E-state index contributed by atoms with van der Waals surface area (Å²) in [6, 6.07) is 20.9. The molecule has 2 atom stereocenters. The standard InChI is InChI=1S/C39H51N3/c1-5-33-28-36(31(3)40-23-20-38-15-10-24-41(38)4)13-9-14-37(33)27-32-21-25-42(26-22-32)29-39(34-11-7-6-8-12-34)35-18-16-30(2)17-19-35/h6-8,11-12,16-19,28,32,38-40H,3,5,10,14-15,20-27,29H2,1-2,4H3. The van der Waals surface area contributed by atoms with Crippen molar-refractivity contribution in [1.29, 1.82) is 0 Å². The zero-order chi connectivity index (χ0) is 29.3. The van der Waals surface area contributed by atoms with Crippen LogP contribution in [0.4, 0.5) is 0 Å². The van der Waals surface area contributed by atoms with Gasteiger partial charge in [0.05, 0.1) is 0 Å². The summed E-state index contributed by atoms with van der Waals surface area (Å²) >= 11 is 0. The topological polar surface area (TPSA) is 18.5 Å². The minimum atomic E-state index is 0.416. The SMILES string of the molecule is C=C(NCCC1CCCN1C)C1=CC(CC)=C(CC2CCN(CC(c3ccccc3)c3ccc(C)cc3)CC2)CC#C1. The summed E-state index contributed by atoms with van der Waals surface area (Å²) < 4.78 is 0. The molecular weight excluding hydrogens is 510 g/mol. The molecule has 0 spiro atoms. The second-order valence-corrected chi connectivity index (χ2v) is 12.8. The summed E-state index contributed by atoms with van der Waals surface area (Å²) in [7, 11) is 2.25. The number of piperidine rings is 1. The zero-order valence-corrected chi connectivity index (χ0v) is 26.3. The maximum atomic E-state index is 4.37. The molecule has 0 amide bonds. The highest BCUT2D eigenvalue weighted by molar-refractivity contribution is 5.51. The summed E-state index contributed by atoms with van der Waals surface area (Å²) in [6.07, 6.45) is 11.8. The van der Waals surface area contributed by atoms with E-state index in [1.807, 2.05) is 0 Å². The highest BCUT2D eigenvalue weighted by Crippen LogP contribution is 2.32. The van der Waals surface area contributed by atoms with Crippen molar-refractivity contribution < 1.29 is 0 Å². The van der Waals surface area contributed by atoms with E-state index in [0.717, 1.165) is 43.1 Å². The van der Waals surface area contributed by atoms with E-state index < -0.39 is 0 Å². The van der Waals surface area contributed by atoms with Crippen LogP contribution in [0.15, 0.2) is 89.7 Å². The fourth-order valence-corrected chi connectivity index (χ4v) is 7.09. The van der Waals surface area contributed by atoms with Gasteiger partial charge < -0.3 is 15.1 Å². The Balaban J connectivity index is 1.16. The van der Waals surface area contributed by atoms with Gasteiger partial charge in [-0.25, -0.2) is 0 Å². The Labute approximate surface area is 255 Å². The Bertz CT molecular complexity index is 1300. The lowest BCUT2D eigenvalue weighted by Gasteiger charge is -2.35. The van der Waals surface area contributed by atoms with Crippen LogP contribution in [0.1, 0.15) is 80.9 Å². The molecule has 2 aromatic rings. The van der Waals surface area contributed by atoms with Crippen molar-refractivity contribution in [2.45, 2.75) is 77.2 Å². The summed E-state index contributed by atoms with van der Waals surface area (Å²) in [6.45, 7) is 14.5. The lowest BCUT2D eigenvalue weighted by atomic mass is 9.85. The van der Waals surface area contributed by atoms with Crippen molar-refractivity contribution in [1.82, 2.24) is 15.1 Å². The first-order chi connectivity index (χ1) is 20.5. The van der Waals surface area contributed by atoms with Gasteiger partial charge in [-0.1, -0.05) is 91.1 Å². The van der Waals surface area contributed by atoms with E-state index in [1.54, 1.807) is 5.57 Å². The van der Waals surface area contributed by atoms with E-state index in [4.69, 9.17) is 0 Å². The van der Waals surface area contributed by atoms with Gasteiger partial charge in [0.1, 0.15) is 0 Å². The van der Waals surface area contributed by atoms with Crippen molar-refractivity contribution in [2.75, 3.05) is 39.8 Å². The fourth-order valence-electron chi connectivity index (χ4n) is 7.09. The minimum absolute atomic E-state index is 0.416. The quantitative estimate of drug-likeness (QED) is 0.266. The molecule has 2 saturated heterocycles. The molecule has 2 heterocycles. The van der Waals surface area contributed by atoms with Gasteiger partial charge in [0.15, 0.2) is 0 Å². The van der Waals surface area contributed by atoms with Crippen molar-refractivity contribution in [3.05, 3.63) is 106 Å². The largest absolute Gasteiger partial charge is 0.384 e. The average Bonchev–Trinajstić information content (AvgIpc) is 3.31. The molecule has 5 rings (SSSR count). The molecule has 3 nitrogen and oxygen atoms in total. The Hall–Kier alpha value is -3.06. The molecule has 2 fully saturated rings. The minimum Gasteiger partial charge on any atom is -0.384 e. The summed E-state index contributed by atoms with van der Waals surface area (Å²) in [5.41, 5.74) is 9.26. The third-order valence-corrected chi connectivity index (χ3v) is 9.86. The van der Waals surface area contributed by atoms with Crippen LogP contribution in [0.3, 0.4) is 0 Å². The predicted molar refractivity (Wildman–Crippen MR) is 178 cm³/mol. The number of rotatable bonds is 12. The molecule has 3 aliphatic rings. The van der Waals surface area contributed by atoms with E-state index in [2.05, 4.69) is 115 Å². The van der Waals surface area contributed by atoms with E-state index >= 15 is 0 Å². The maximum absolute atomic E-state index is 4.37. The number of aryl methyl sites for hydroxylation is 1. The third-order valence-electron chi connectivity index (χ3n) is 9.86. The highest BCUT2D eigenvalue weighted by atomic mass is 15.1. The van der Waals surface area contributed by atoms with E-state index in [9.17, 15) is 0 Å². The van der Waals surface area contributed by atoms with E-state index in [0.29, 0.717) is 12.0 Å². The van der Waals surface area contributed by atoms with E-state index in [1.165, 1.54) is 80.4 Å². The first-order valence-corrected chi connectivity index (χ1v) is 16.4. The highest BCUT2D eigenvalue weighted by Gasteiger charge is 2.25. The van der Waals surface area contributed by atoms with Crippen LogP contribution in [-0.2, 0) is 0 Å². The molecule has 3 heteroatoms. The second kappa shape index (κ2) is 14.9. The van der Waals surface area contributed by atoms with Gasteiger partial charge in [0.25, 0.3) is 0 Å². The predicted octanol–water partition coefficient (Wildman–Crippen LogP) is 7.86. The van der Waals surface area contributed by atoms with Crippen molar-refractivity contribution in [2.24, 2.45) is 5.92 Å². The zero-order valence-electron chi connectivity index (χ0n) is 26.3. The Morgan fingerprint density at radius 3 is 2.43 bits per heavy atom. The summed E-state index contributed by atoms with van der Waals surface area (Å²) in [5, 5.41) is 3.60. The van der Waals surface area contributed by atoms with Gasteiger partial charge >= 0.3 is 0 Å². The Morgan fingerprint density at radius 2 is 1.74 bits per heavy atom. The second-order valence-electron chi connectivity index (χ2n) is 12.8. The average molecular weight is 562 g/mol. The molecule has 0 aromatic heterocycles. The number of hydrogen-bond acceptors (Lipinski definition) is 3. The molecule has 1 aliphatic carbocycles. The van der Waals surface area contributed by atoms with Crippen molar-refractivity contribution >= 4 is 0 Å². The normalized spacial score (nSPS) is 20.9. The number of benzene rings is 2. The number of hydrogen-bond donors (Lipinski definition) is 1. The number of allylic oxidation sites excluding steroid dienone is 4. The Morgan fingerprint density at radius 1 is 1.00 bits per heavy atom. The van der Waals surface area contributed by atoms with Gasteiger partial charge in [-0.05, 0) is 107 Å². The Kier molecular flexibility index (Phi) is 10.8. The molecule has 1 N–H and O–H groups in total.